The van der Waals surface area contributed by atoms with E-state index >= 15 is 0 Å². The molecule has 1 aromatic carbocycles. The van der Waals surface area contributed by atoms with Crippen molar-refractivity contribution in [1.82, 2.24) is 24.3 Å². The largest absolute Gasteiger partial charge is 0.497 e. The highest BCUT2D eigenvalue weighted by Crippen LogP contribution is 2.31. The number of amides is 1. The van der Waals surface area contributed by atoms with Crippen LogP contribution in [0.5, 0.6) is 11.5 Å². The normalized spacial score (nSPS) is 19.0. The summed E-state index contributed by atoms with van der Waals surface area (Å²) >= 11 is 0. The van der Waals surface area contributed by atoms with Crippen LogP contribution in [0.4, 0.5) is 14.6 Å². The number of fused-ring (bicyclic) bond motifs is 1. The van der Waals surface area contributed by atoms with Crippen molar-refractivity contribution in [2.75, 3.05) is 52.7 Å². The summed E-state index contributed by atoms with van der Waals surface area (Å²) in [5.74, 6) is 5.16. The van der Waals surface area contributed by atoms with Gasteiger partial charge in [0.05, 0.1) is 37.8 Å². The van der Waals surface area contributed by atoms with Crippen molar-refractivity contribution in [1.29, 1.82) is 0 Å². The van der Waals surface area contributed by atoms with E-state index in [0.717, 1.165) is 6.42 Å². The quantitative estimate of drug-likeness (QED) is 0.382. The number of nitrogens with zero attached hydrogens (tertiary/aromatic N) is 5. The molecule has 2 aromatic heterocycles. The zero-order valence-electron chi connectivity index (χ0n) is 21.9. The Bertz CT molecular complexity index is 1450. The third-order valence-electron chi connectivity index (χ3n) is 7.07. The summed E-state index contributed by atoms with van der Waals surface area (Å²) < 4.78 is 39.5. The lowest BCUT2D eigenvalue weighted by Gasteiger charge is -2.16. The van der Waals surface area contributed by atoms with Crippen LogP contribution in [0.15, 0.2) is 42.9 Å². The Balaban J connectivity index is 1.34. The van der Waals surface area contributed by atoms with Crippen LogP contribution in [-0.2, 0) is 4.79 Å². The third-order valence-corrected chi connectivity index (χ3v) is 7.07. The van der Waals surface area contributed by atoms with Gasteiger partial charge in [0.15, 0.2) is 0 Å². The van der Waals surface area contributed by atoms with E-state index in [0.29, 0.717) is 65.7 Å². The summed E-state index contributed by atoms with van der Waals surface area (Å²) in [4.78, 5) is 24.8. The zero-order chi connectivity index (χ0) is 27.6. The number of ether oxygens (including phenoxy) is 2. The van der Waals surface area contributed by atoms with Crippen molar-refractivity contribution < 1.29 is 23.0 Å². The molecule has 0 saturated carbocycles. The van der Waals surface area contributed by atoms with Gasteiger partial charge in [0.1, 0.15) is 29.3 Å². The second-order valence-corrected chi connectivity index (χ2v) is 9.73. The Morgan fingerprint density at radius 2 is 1.95 bits per heavy atom. The summed E-state index contributed by atoms with van der Waals surface area (Å²) in [6.07, 6.45) is 7.06. The molecule has 2 aliphatic heterocycles. The van der Waals surface area contributed by atoms with E-state index in [1.54, 1.807) is 36.2 Å². The van der Waals surface area contributed by atoms with Gasteiger partial charge < -0.3 is 24.7 Å². The monoisotopic (exact) mass is 536 g/mol. The topological polar surface area (TPSA) is 98.7 Å². The molecule has 39 heavy (non-hydrogen) atoms. The van der Waals surface area contributed by atoms with Crippen molar-refractivity contribution in [3.8, 4) is 23.3 Å². The number of hydrogen-bond donors (Lipinski definition) is 1. The molecule has 0 unspecified atom stereocenters. The Morgan fingerprint density at radius 3 is 2.64 bits per heavy atom. The lowest BCUT2D eigenvalue weighted by molar-refractivity contribution is -0.125. The van der Waals surface area contributed by atoms with Crippen molar-refractivity contribution in [3.63, 3.8) is 0 Å². The van der Waals surface area contributed by atoms with Crippen molar-refractivity contribution in [2.45, 2.75) is 24.8 Å². The number of alkyl halides is 2. The maximum atomic E-state index is 13.4. The molecule has 0 spiro atoms. The van der Waals surface area contributed by atoms with Gasteiger partial charge in [-0.15, -0.1) is 0 Å². The fraction of sp³-hybridized carbons (Fsp3) is 0.393. The number of rotatable bonds is 6. The number of carbonyl (C=O) groups is 1. The van der Waals surface area contributed by atoms with Gasteiger partial charge in [-0.3, -0.25) is 9.69 Å². The highest BCUT2D eigenvalue weighted by Gasteiger charge is 2.37. The Hall–Kier alpha value is -4.17. The van der Waals surface area contributed by atoms with E-state index < -0.39 is 5.92 Å². The molecule has 1 atom stereocenters. The van der Waals surface area contributed by atoms with Gasteiger partial charge in [-0.25, -0.2) is 18.7 Å². The summed E-state index contributed by atoms with van der Waals surface area (Å²) in [6.45, 7) is 1.45. The Labute approximate surface area is 225 Å². The predicted molar refractivity (Wildman–Crippen MR) is 143 cm³/mol. The van der Waals surface area contributed by atoms with Crippen LogP contribution in [0, 0.1) is 11.8 Å². The average Bonchev–Trinajstić information content (AvgIpc) is 3.64. The minimum absolute atomic E-state index is 0.0242. The molecule has 4 heterocycles. The fourth-order valence-corrected chi connectivity index (χ4v) is 5.04. The van der Waals surface area contributed by atoms with Crippen LogP contribution < -0.4 is 15.2 Å². The van der Waals surface area contributed by atoms with Crippen molar-refractivity contribution in [2.24, 2.45) is 0 Å². The SMILES string of the molecule is COc1cc(C#Cc2cn([C@H]3CCN(C(=O)/C=C/CN4CCC(F)(F)C4)C3)c3ncnc(N)c23)cc(OC)c1. The second kappa shape index (κ2) is 10.9. The molecule has 1 amide bonds. The molecule has 3 aromatic rings. The van der Waals surface area contributed by atoms with Crippen LogP contribution in [0.3, 0.4) is 0 Å². The molecule has 0 radical (unpaired) electrons. The number of carbonyl (C=O) groups excluding carboxylic acids is 1. The van der Waals surface area contributed by atoms with E-state index in [1.165, 1.54) is 12.4 Å². The highest BCUT2D eigenvalue weighted by atomic mass is 19.3. The number of benzene rings is 1. The average molecular weight is 537 g/mol. The molecule has 11 heteroatoms. The lowest BCUT2D eigenvalue weighted by atomic mass is 10.1. The van der Waals surface area contributed by atoms with E-state index in [9.17, 15) is 13.6 Å². The van der Waals surface area contributed by atoms with Gasteiger partial charge in [-0.1, -0.05) is 17.9 Å². The van der Waals surface area contributed by atoms with Gasteiger partial charge in [0.25, 0.3) is 5.92 Å². The minimum Gasteiger partial charge on any atom is -0.497 e. The molecule has 5 rings (SSSR count). The Kier molecular flexibility index (Phi) is 7.39. The fourth-order valence-electron chi connectivity index (χ4n) is 5.04. The second-order valence-electron chi connectivity index (χ2n) is 9.73. The summed E-state index contributed by atoms with van der Waals surface area (Å²) in [5, 5.41) is 0.659. The molecule has 2 aliphatic rings. The molecule has 0 bridgehead atoms. The first-order valence-electron chi connectivity index (χ1n) is 12.7. The van der Waals surface area contributed by atoms with Gasteiger partial charge >= 0.3 is 0 Å². The maximum absolute atomic E-state index is 13.4. The molecule has 2 N–H and O–H groups in total. The molecular weight excluding hydrogens is 506 g/mol. The summed E-state index contributed by atoms with van der Waals surface area (Å²) in [5.41, 5.74) is 8.27. The predicted octanol–water partition coefficient (Wildman–Crippen LogP) is 3.10. The van der Waals surface area contributed by atoms with Crippen LogP contribution in [0.25, 0.3) is 11.0 Å². The number of likely N-dealkylation sites (tertiary alicyclic amines) is 2. The van der Waals surface area contributed by atoms with Gasteiger partial charge in [-0.2, -0.15) is 0 Å². The molecule has 2 fully saturated rings. The standard InChI is InChI=1S/C28H30F2N6O3/c1-38-22-12-19(13-23(14-22)39-2)5-6-20-15-36(27-25(20)26(31)32-18-33-27)21-7-10-35(16-21)24(37)4-3-9-34-11-8-28(29,30)17-34/h3-4,12-15,18,21H,7-11,16-17H2,1-2H3,(H2,31,32,33)/b4-3+/t21-/m0/s1. The van der Waals surface area contributed by atoms with Crippen LogP contribution in [-0.4, -0.2) is 83.1 Å². The first-order chi connectivity index (χ1) is 18.8. The first-order valence-corrected chi connectivity index (χ1v) is 12.7. The number of nitrogens with two attached hydrogens (primary N) is 1. The van der Waals surface area contributed by atoms with E-state index in [2.05, 4.69) is 21.8 Å². The molecular formula is C28H30F2N6O3. The van der Waals surface area contributed by atoms with E-state index in [4.69, 9.17) is 15.2 Å². The molecule has 2 saturated heterocycles. The number of methoxy groups -OCH3 is 2. The van der Waals surface area contributed by atoms with Crippen LogP contribution in [0.2, 0.25) is 0 Å². The number of halogens is 2. The van der Waals surface area contributed by atoms with Gasteiger partial charge in [0, 0.05) is 56.5 Å². The number of hydrogen-bond acceptors (Lipinski definition) is 7. The van der Waals surface area contributed by atoms with Crippen molar-refractivity contribution >= 4 is 22.8 Å². The van der Waals surface area contributed by atoms with Crippen LogP contribution >= 0.6 is 0 Å². The minimum atomic E-state index is -2.64. The number of aromatic nitrogens is 3. The Morgan fingerprint density at radius 1 is 1.18 bits per heavy atom. The van der Waals surface area contributed by atoms with E-state index in [1.807, 2.05) is 22.9 Å². The number of nitrogen functional groups attached to an aromatic ring is 1. The number of anilines is 1. The molecule has 204 valence electrons. The van der Waals surface area contributed by atoms with Crippen LogP contribution in [0.1, 0.15) is 30.0 Å². The van der Waals surface area contributed by atoms with Crippen molar-refractivity contribution in [3.05, 3.63) is 54.0 Å². The van der Waals surface area contributed by atoms with Gasteiger partial charge in [0.2, 0.25) is 5.91 Å². The smallest absolute Gasteiger partial charge is 0.261 e. The highest BCUT2D eigenvalue weighted by molar-refractivity contribution is 5.92. The van der Waals surface area contributed by atoms with Gasteiger partial charge in [-0.05, 0) is 18.6 Å². The zero-order valence-corrected chi connectivity index (χ0v) is 21.9. The third kappa shape index (κ3) is 5.81. The maximum Gasteiger partial charge on any atom is 0.261 e. The molecule has 0 aliphatic carbocycles. The summed E-state index contributed by atoms with van der Waals surface area (Å²) in [6, 6.07) is 5.38. The lowest BCUT2D eigenvalue weighted by Crippen LogP contribution is -2.28. The molecule has 9 nitrogen and oxygen atoms in total. The van der Waals surface area contributed by atoms with E-state index in [-0.39, 0.29) is 24.9 Å². The first kappa shape index (κ1) is 26.4. The summed E-state index contributed by atoms with van der Waals surface area (Å²) in [7, 11) is 3.16.